The molecule has 3 aliphatic carbocycles. The number of rotatable bonds is 4. The predicted octanol–water partition coefficient (Wildman–Crippen LogP) is 6.54. The Morgan fingerprint density at radius 1 is 0.757 bits per heavy atom. The molecule has 4 bridgehead atoms. The van der Waals surface area contributed by atoms with Crippen LogP contribution in [0.4, 0.5) is 0 Å². The maximum atomic E-state index is 13.6. The number of piperidine rings is 2. The van der Waals surface area contributed by atoms with Crippen LogP contribution >= 0.6 is 0 Å². The van der Waals surface area contributed by atoms with Crippen molar-refractivity contribution in [3.05, 3.63) is 40.3 Å². The molecule has 5 fully saturated rings. The molecule has 37 heavy (non-hydrogen) atoms. The van der Waals surface area contributed by atoms with Crippen molar-refractivity contribution in [3.8, 4) is 0 Å². The zero-order chi connectivity index (χ0) is 25.1. The van der Waals surface area contributed by atoms with Crippen LogP contribution in [0.5, 0.6) is 0 Å². The molecule has 7 atom stereocenters. The molecule has 3 saturated carbocycles. The van der Waals surface area contributed by atoms with Crippen molar-refractivity contribution in [2.24, 2.45) is 23.7 Å². The summed E-state index contributed by atoms with van der Waals surface area (Å²) in [5, 5.41) is 0. The van der Waals surface area contributed by atoms with Crippen LogP contribution < -0.4 is 5.56 Å². The first-order valence-corrected chi connectivity index (χ1v) is 15.3. The second-order valence-corrected chi connectivity index (χ2v) is 13.4. The fraction of sp³-hybridized carbons (Fsp3) is 0.719. The summed E-state index contributed by atoms with van der Waals surface area (Å²) in [7, 11) is 0. The molecule has 3 heterocycles. The van der Waals surface area contributed by atoms with E-state index in [9.17, 15) is 9.59 Å². The molecular weight excluding hydrogens is 458 g/mol. The van der Waals surface area contributed by atoms with Gasteiger partial charge in [0.15, 0.2) is 11.5 Å². The summed E-state index contributed by atoms with van der Waals surface area (Å²) in [5.74, 6) is 3.69. The summed E-state index contributed by atoms with van der Waals surface area (Å²) < 4.78 is 1.96. The van der Waals surface area contributed by atoms with Crippen LogP contribution in [0.25, 0.3) is 11.0 Å². The summed E-state index contributed by atoms with van der Waals surface area (Å²) in [6.45, 7) is 1.47. The lowest BCUT2D eigenvalue weighted by molar-refractivity contribution is -0.0560. The quantitative estimate of drug-likeness (QED) is 0.446. The highest BCUT2D eigenvalue weighted by atomic mass is 16.1. The lowest BCUT2D eigenvalue weighted by Gasteiger charge is -2.56. The van der Waals surface area contributed by atoms with Crippen LogP contribution in [0.2, 0.25) is 0 Å². The molecule has 0 spiro atoms. The van der Waals surface area contributed by atoms with Crippen LogP contribution in [0.3, 0.4) is 0 Å². The maximum absolute atomic E-state index is 13.6. The predicted molar refractivity (Wildman–Crippen MR) is 147 cm³/mol. The van der Waals surface area contributed by atoms with E-state index in [1.165, 1.54) is 84.0 Å². The van der Waals surface area contributed by atoms with E-state index in [1.54, 1.807) is 0 Å². The van der Waals surface area contributed by atoms with E-state index in [0.717, 1.165) is 53.6 Å². The topological polar surface area (TPSA) is 55.2 Å². The first kappa shape index (κ1) is 24.1. The highest BCUT2D eigenvalue weighted by Crippen LogP contribution is 2.51. The average molecular weight is 502 g/mol. The van der Waals surface area contributed by atoms with Crippen molar-refractivity contribution in [2.45, 2.75) is 121 Å². The molecule has 0 amide bonds. The Balaban J connectivity index is 1.14. The van der Waals surface area contributed by atoms with Gasteiger partial charge in [0, 0.05) is 31.1 Å². The number of benzene rings is 1. The van der Waals surface area contributed by atoms with Gasteiger partial charge < -0.3 is 4.57 Å². The lowest BCUT2D eigenvalue weighted by Crippen LogP contribution is -2.59. The van der Waals surface area contributed by atoms with Crippen LogP contribution in [0.1, 0.15) is 113 Å². The van der Waals surface area contributed by atoms with Gasteiger partial charge in [-0.1, -0.05) is 44.2 Å². The summed E-state index contributed by atoms with van der Waals surface area (Å²) in [6, 6.07) is 9.90. The maximum Gasteiger partial charge on any atom is 0.280 e. The molecule has 1 aromatic carbocycles. The van der Waals surface area contributed by atoms with E-state index in [2.05, 4.69) is 9.88 Å². The molecule has 2 aromatic rings. The van der Waals surface area contributed by atoms with Gasteiger partial charge >= 0.3 is 0 Å². The Hall–Kier alpha value is -2.01. The van der Waals surface area contributed by atoms with Gasteiger partial charge in [0.05, 0.1) is 11.0 Å². The van der Waals surface area contributed by atoms with E-state index < -0.39 is 0 Å². The van der Waals surface area contributed by atoms with Gasteiger partial charge in [-0.15, -0.1) is 0 Å². The second-order valence-electron chi connectivity index (χ2n) is 13.4. The number of Topliss-reactive ketones (excluding diaryl/α,β-unsaturated/α-hetero) is 1. The lowest BCUT2D eigenvalue weighted by atomic mass is 9.62. The molecular formula is C32H43N3O2. The van der Waals surface area contributed by atoms with Crippen LogP contribution in [-0.4, -0.2) is 38.4 Å². The molecule has 0 radical (unpaired) electrons. The summed E-state index contributed by atoms with van der Waals surface area (Å²) >= 11 is 0. The number of fused-ring (bicyclic) bond motifs is 5. The minimum Gasteiger partial charge on any atom is -0.302 e. The van der Waals surface area contributed by atoms with Gasteiger partial charge in [0.1, 0.15) is 0 Å². The number of hydrogen-bond acceptors (Lipinski definition) is 4. The van der Waals surface area contributed by atoms with Crippen molar-refractivity contribution in [1.82, 2.24) is 14.5 Å². The Morgan fingerprint density at radius 2 is 1.43 bits per heavy atom. The van der Waals surface area contributed by atoms with Gasteiger partial charge in [-0.2, -0.15) is 0 Å². The highest BCUT2D eigenvalue weighted by Gasteiger charge is 2.47. The van der Waals surface area contributed by atoms with E-state index in [-0.39, 0.29) is 23.1 Å². The fourth-order valence-electron chi connectivity index (χ4n) is 9.87. The Bertz CT molecular complexity index is 1200. The molecule has 198 valence electrons. The van der Waals surface area contributed by atoms with E-state index in [0.29, 0.717) is 12.1 Å². The monoisotopic (exact) mass is 501 g/mol. The first-order chi connectivity index (χ1) is 18.0. The average Bonchev–Trinajstić information content (AvgIpc) is 3.42. The SMILES string of the molecule is CC(=O)c1nc2ccccc2n([C@H]2C[C@H]3CCC[C@@H](C2)N3[C@@H]2C[C@@H]3C[C@@H](C[C@H](C4CCCC4)C3)C2)c1=O. The zero-order valence-electron chi connectivity index (χ0n) is 22.5. The van der Waals surface area contributed by atoms with Crippen molar-refractivity contribution >= 4 is 16.8 Å². The van der Waals surface area contributed by atoms with Crippen molar-refractivity contribution in [3.63, 3.8) is 0 Å². The molecule has 7 rings (SSSR count). The van der Waals surface area contributed by atoms with E-state index in [1.807, 2.05) is 28.8 Å². The third-order valence-corrected chi connectivity index (χ3v) is 11.1. The van der Waals surface area contributed by atoms with Crippen LogP contribution in [-0.2, 0) is 0 Å². The smallest absolute Gasteiger partial charge is 0.280 e. The van der Waals surface area contributed by atoms with Crippen molar-refractivity contribution < 1.29 is 4.79 Å². The number of para-hydroxylation sites is 2. The van der Waals surface area contributed by atoms with Crippen LogP contribution in [0.15, 0.2) is 29.1 Å². The number of aromatic nitrogens is 2. The molecule has 2 saturated heterocycles. The number of nitrogens with zero attached hydrogens (tertiary/aromatic N) is 3. The number of carbonyl (C=O) groups is 1. The summed E-state index contributed by atoms with van der Waals surface area (Å²) in [6.07, 6.45) is 19.1. The van der Waals surface area contributed by atoms with Gasteiger partial charge in [-0.3, -0.25) is 14.5 Å². The minimum atomic E-state index is -0.230. The third kappa shape index (κ3) is 4.30. The van der Waals surface area contributed by atoms with E-state index >= 15 is 0 Å². The molecule has 2 aliphatic heterocycles. The molecule has 5 aliphatic rings. The number of carbonyl (C=O) groups excluding carboxylic acids is 1. The zero-order valence-corrected chi connectivity index (χ0v) is 22.5. The highest BCUT2D eigenvalue weighted by molar-refractivity contribution is 5.93. The van der Waals surface area contributed by atoms with Crippen molar-refractivity contribution in [1.29, 1.82) is 0 Å². The Labute approximate surface area is 221 Å². The Kier molecular flexibility index (Phi) is 6.26. The van der Waals surface area contributed by atoms with Gasteiger partial charge in [0.2, 0.25) is 0 Å². The molecule has 5 heteroatoms. The van der Waals surface area contributed by atoms with Crippen molar-refractivity contribution in [2.75, 3.05) is 0 Å². The fourth-order valence-corrected chi connectivity index (χ4v) is 9.87. The van der Waals surface area contributed by atoms with E-state index in [4.69, 9.17) is 0 Å². The standard InChI is InChI=1S/C32H43N3O2/c1-20(36)31-32(37)35(30-12-5-4-11-29(30)33-31)28-18-25-9-6-10-26(19-28)34(25)27-16-21-13-22(17-27)15-24(14-21)23-7-2-3-8-23/h4-5,11-12,21-28H,2-3,6-10,13-19H2,1H3/t21-,22+,24-,25-,26+,27-,28+. The largest absolute Gasteiger partial charge is 0.302 e. The molecule has 0 unspecified atom stereocenters. The molecule has 0 N–H and O–H groups in total. The van der Waals surface area contributed by atoms with Gasteiger partial charge in [-0.25, -0.2) is 4.98 Å². The van der Waals surface area contributed by atoms with Gasteiger partial charge in [0.25, 0.3) is 5.56 Å². The van der Waals surface area contributed by atoms with Crippen LogP contribution in [0, 0.1) is 23.7 Å². The first-order valence-electron chi connectivity index (χ1n) is 15.3. The minimum absolute atomic E-state index is 0.100. The molecule has 1 aromatic heterocycles. The Morgan fingerprint density at radius 3 is 2.11 bits per heavy atom. The second kappa shape index (κ2) is 9.63. The molecule has 5 nitrogen and oxygen atoms in total. The third-order valence-electron chi connectivity index (χ3n) is 11.1. The normalized spacial score (nSPS) is 36.6. The summed E-state index contributed by atoms with van der Waals surface area (Å²) in [5.41, 5.74) is 1.56. The number of hydrogen-bond donors (Lipinski definition) is 0. The van der Waals surface area contributed by atoms with Gasteiger partial charge in [-0.05, 0) is 93.6 Å². The number of ketones is 1. The summed E-state index contributed by atoms with van der Waals surface area (Å²) in [4.78, 5) is 33.3.